The molecule has 1 amide bonds. The standard InChI is InChI=1S/C18H27N3O2/c1-14-13-21(11-12-23-14)16-7-9-20(10-8-16)18(22)17(19)15-5-3-2-4-6-15/h2-6,14,16-17H,7-13,19H2,1H3. The number of benzene rings is 1. The van der Waals surface area contributed by atoms with Gasteiger partial charge in [-0.1, -0.05) is 30.3 Å². The summed E-state index contributed by atoms with van der Waals surface area (Å²) in [5.41, 5.74) is 7.04. The molecule has 5 heteroatoms. The van der Waals surface area contributed by atoms with Crippen molar-refractivity contribution in [1.29, 1.82) is 0 Å². The summed E-state index contributed by atoms with van der Waals surface area (Å²) in [7, 11) is 0. The maximum atomic E-state index is 12.6. The third kappa shape index (κ3) is 3.91. The molecule has 1 aromatic rings. The van der Waals surface area contributed by atoms with Crippen molar-refractivity contribution < 1.29 is 9.53 Å². The smallest absolute Gasteiger partial charge is 0.244 e. The van der Waals surface area contributed by atoms with Crippen LogP contribution in [0, 0.1) is 0 Å². The fourth-order valence-electron chi connectivity index (χ4n) is 3.63. The third-order valence-corrected chi connectivity index (χ3v) is 4.99. The van der Waals surface area contributed by atoms with Gasteiger partial charge in [0.25, 0.3) is 0 Å². The van der Waals surface area contributed by atoms with Gasteiger partial charge in [-0.2, -0.15) is 0 Å². The zero-order valence-electron chi connectivity index (χ0n) is 13.9. The summed E-state index contributed by atoms with van der Waals surface area (Å²) < 4.78 is 5.62. The van der Waals surface area contributed by atoms with Gasteiger partial charge in [0, 0.05) is 32.2 Å². The summed E-state index contributed by atoms with van der Waals surface area (Å²) in [6, 6.07) is 9.65. The SMILES string of the molecule is CC1CN(C2CCN(C(=O)C(N)c3ccccc3)CC2)CCO1. The fraction of sp³-hybridized carbons (Fsp3) is 0.611. The monoisotopic (exact) mass is 317 g/mol. The molecule has 2 N–H and O–H groups in total. The van der Waals surface area contributed by atoms with E-state index < -0.39 is 6.04 Å². The van der Waals surface area contributed by atoms with Crippen molar-refractivity contribution in [2.24, 2.45) is 5.73 Å². The minimum absolute atomic E-state index is 0.0463. The number of nitrogens with zero attached hydrogens (tertiary/aromatic N) is 2. The Morgan fingerprint density at radius 2 is 1.91 bits per heavy atom. The number of hydrogen-bond donors (Lipinski definition) is 1. The minimum atomic E-state index is -0.545. The lowest BCUT2D eigenvalue weighted by atomic mass is 10.00. The van der Waals surface area contributed by atoms with Crippen LogP contribution in [0.3, 0.4) is 0 Å². The Kier molecular flexibility index (Phi) is 5.30. The number of rotatable bonds is 3. The number of morpholine rings is 1. The number of hydrogen-bond acceptors (Lipinski definition) is 4. The highest BCUT2D eigenvalue weighted by Gasteiger charge is 2.31. The van der Waals surface area contributed by atoms with E-state index in [-0.39, 0.29) is 5.91 Å². The Hall–Kier alpha value is -1.43. The highest BCUT2D eigenvalue weighted by molar-refractivity contribution is 5.83. The summed E-state index contributed by atoms with van der Waals surface area (Å²) in [5.74, 6) is 0.0463. The predicted octanol–water partition coefficient (Wildman–Crippen LogP) is 1.40. The van der Waals surface area contributed by atoms with Gasteiger partial charge in [0.15, 0.2) is 0 Å². The second-order valence-corrected chi connectivity index (χ2v) is 6.62. The summed E-state index contributed by atoms with van der Waals surface area (Å²) >= 11 is 0. The number of likely N-dealkylation sites (tertiary alicyclic amines) is 1. The van der Waals surface area contributed by atoms with Crippen LogP contribution in [0.5, 0.6) is 0 Å². The molecule has 0 aromatic heterocycles. The second kappa shape index (κ2) is 7.43. The van der Waals surface area contributed by atoms with Crippen LogP contribution < -0.4 is 5.73 Å². The molecule has 5 nitrogen and oxygen atoms in total. The van der Waals surface area contributed by atoms with Crippen LogP contribution >= 0.6 is 0 Å². The summed E-state index contributed by atoms with van der Waals surface area (Å²) in [5, 5.41) is 0. The number of amides is 1. The van der Waals surface area contributed by atoms with Gasteiger partial charge in [-0.05, 0) is 25.3 Å². The molecule has 0 radical (unpaired) electrons. The Balaban J connectivity index is 1.53. The van der Waals surface area contributed by atoms with Crippen LogP contribution in [0.4, 0.5) is 0 Å². The number of nitrogens with two attached hydrogens (primary N) is 1. The molecule has 1 aromatic carbocycles. The average molecular weight is 317 g/mol. The van der Waals surface area contributed by atoms with Gasteiger partial charge in [0.2, 0.25) is 5.91 Å². The van der Waals surface area contributed by atoms with Gasteiger partial charge in [-0.3, -0.25) is 9.69 Å². The second-order valence-electron chi connectivity index (χ2n) is 6.62. The number of piperidine rings is 1. The van der Waals surface area contributed by atoms with E-state index in [9.17, 15) is 4.79 Å². The predicted molar refractivity (Wildman–Crippen MR) is 90.0 cm³/mol. The largest absolute Gasteiger partial charge is 0.376 e. The number of ether oxygens (including phenoxy) is 1. The highest BCUT2D eigenvalue weighted by atomic mass is 16.5. The van der Waals surface area contributed by atoms with Crippen LogP contribution in [0.25, 0.3) is 0 Å². The summed E-state index contributed by atoms with van der Waals surface area (Å²) in [6.45, 7) is 6.56. The Morgan fingerprint density at radius 3 is 2.57 bits per heavy atom. The first kappa shape index (κ1) is 16.4. The highest BCUT2D eigenvalue weighted by Crippen LogP contribution is 2.22. The molecule has 0 saturated carbocycles. The van der Waals surface area contributed by atoms with E-state index in [4.69, 9.17) is 10.5 Å². The maximum Gasteiger partial charge on any atom is 0.244 e. The molecule has 2 heterocycles. The molecule has 2 fully saturated rings. The van der Waals surface area contributed by atoms with Gasteiger partial charge in [-0.15, -0.1) is 0 Å². The van der Waals surface area contributed by atoms with Gasteiger partial charge >= 0.3 is 0 Å². The first-order valence-corrected chi connectivity index (χ1v) is 8.60. The van der Waals surface area contributed by atoms with Crippen LogP contribution in [-0.4, -0.2) is 60.6 Å². The Bertz CT molecular complexity index is 514. The molecule has 126 valence electrons. The average Bonchev–Trinajstić information content (AvgIpc) is 2.61. The van der Waals surface area contributed by atoms with Crippen LogP contribution in [-0.2, 0) is 9.53 Å². The lowest BCUT2D eigenvalue weighted by Crippen LogP contribution is -2.52. The maximum absolute atomic E-state index is 12.6. The van der Waals surface area contributed by atoms with E-state index in [1.165, 1.54) is 0 Å². The van der Waals surface area contributed by atoms with Gasteiger partial charge in [0.1, 0.15) is 6.04 Å². The molecule has 2 saturated heterocycles. The van der Waals surface area contributed by atoms with Crippen molar-refractivity contribution in [1.82, 2.24) is 9.80 Å². The fourth-order valence-corrected chi connectivity index (χ4v) is 3.63. The zero-order valence-corrected chi connectivity index (χ0v) is 13.9. The molecule has 0 spiro atoms. The van der Waals surface area contributed by atoms with E-state index in [0.717, 1.165) is 51.2 Å². The first-order chi connectivity index (χ1) is 11.1. The quantitative estimate of drug-likeness (QED) is 0.915. The van der Waals surface area contributed by atoms with Gasteiger partial charge in [0.05, 0.1) is 12.7 Å². The molecular weight excluding hydrogens is 290 g/mol. The topological polar surface area (TPSA) is 58.8 Å². The van der Waals surface area contributed by atoms with Crippen molar-refractivity contribution in [3.63, 3.8) is 0 Å². The first-order valence-electron chi connectivity index (χ1n) is 8.60. The van der Waals surface area contributed by atoms with Crippen molar-refractivity contribution >= 4 is 5.91 Å². The Morgan fingerprint density at radius 1 is 1.22 bits per heavy atom. The van der Waals surface area contributed by atoms with E-state index in [2.05, 4.69) is 11.8 Å². The number of carbonyl (C=O) groups is 1. The van der Waals surface area contributed by atoms with Crippen LogP contribution in [0.15, 0.2) is 30.3 Å². The van der Waals surface area contributed by atoms with Crippen LogP contribution in [0.1, 0.15) is 31.4 Å². The van der Waals surface area contributed by atoms with Gasteiger partial charge in [-0.25, -0.2) is 0 Å². The Labute approximate surface area is 138 Å². The molecule has 2 aliphatic rings. The lowest BCUT2D eigenvalue weighted by Gasteiger charge is -2.42. The zero-order chi connectivity index (χ0) is 16.2. The molecular formula is C18H27N3O2. The molecule has 0 aliphatic carbocycles. The van der Waals surface area contributed by atoms with Crippen molar-refractivity contribution in [2.45, 2.75) is 38.0 Å². The van der Waals surface area contributed by atoms with Gasteiger partial charge < -0.3 is 15.4 Å². The van der Waals surface area contributed by atoms with Crippen molar-refractivity contribution in [2.75, 3.05) is 32.8 Å². The molecule has 0 bridgehead atoms. The molecule has 3 rings (SSSR count). The molecule has 2 aliphatic heterocycles. The van der Waals surface area contributed by atoms with E-state index >= 15 is 0 Å². The summed E-state index contributed by atoms with van der Waals surface area (Å²) in [6.07, 6.45) is 2.37. The summed E-state index contributed by atoms with van der Waals surface area (Å²) in [4.78, 5) is 17.1. The molecule has 2 unspecified atom stereocenters. The van der Waals surface area contributed by atoms with Crippen molar-refractivity contribution in [3.05, 3.63) is 35.9 Å². The van der Waals surface area contributed by atoms with E-state index in [1.54, 1.807) is 0 Å². The van der Waals surface area contributed by atoms with Crippen LogP contribution in [0.2, 0.25) is 0 Å². The number of carbonyl (C=O) groups excluding carboxylic acids is 1. The van der Waals surface area contributed by atoms with Crippen molar-refractivity contribution in [3.8, 4) is 0 Å². The minimum Gasteiger partial charge on any atom is -0.376 e. The lowest BCUT2D eigenvalue weighted by molar-refractivity contribution is -0.134. The molecule has 2 atom stereocenters. The normalized spacial score (nSPS) is 25.3. The van der Waals surface area contributed by atoms with E-state index in [0.29, 0.717) is 12.1 Å². The third-order valence-electron chi connectivity index (χ3n) is 4.99. The van der Waals surface area contributed by atoms with E-state index in [1.807, 2.05) is 35.2 Å². The molecule has 23 heavy (non-hydrogen) atoms.